The smallest absolute Gasteiger partial charge is 0.348 e. The van der Waals surface area contributed by atoms with Crippen LogP contribution in [0.3, 0.4) is 0 Å². The molecule has 2 amide bonds. The summed E-state index contributed by atoms with van der Waals surface area (Å²) in [6.07, 6.45) is -10.3. The molecule has 0 bridgehead atoms. The van der Waals surface area contributed by atoms with Crippen LogP contribution in [-0.4, -0.2) is 42.5 Å². The molecule has 0 aromatic carbocycles. The summed E-state index contributed by atoms with van der Waals surface area (Å²) in [5.41, 5.74) is 0. The molecule has 0 saturated heterocycles. The molecule has 11 heteroatoms. The lowest BCUT2D eigenvalue weighted by molar-refractivity contribution is -0.174. The molecule has 0 aromatic rings. The molecule has 22 heavy (non-hydrogen) atoms. The number of unbranched alkanes of at least 4 members (excludes halogenated alkanes) is 1. The number of carbonyl (C=O) groups is 3. The van der Waals surface area contributed by atoms with Gasteiger partial charge in [-0.3, -0.25) is 14.4 Å². The molecule has 0 aliphatic rings. The van der Waals surface area contributed by atoms with Gasteiger partial charge in [0.25, 0.3) is 0 Å². The number of ketones is 1. The van der Waals surface area contributed by atoms with E-state index in [1.807, 2.05) is 0 Å². The van der Waals surface area contributed by atoms with E-state index < -0.39 is 36.0 Å². The van der Waals surface area contributed by atoms with Gasteiger partial charge >= 0.3 is 24.2 Å². The Labute approximate surface area is 121 Å². The van der Waals surface area contributed by atoms with Gasteiger partial charge in [0.2, 0.25) is 0 Å². The third-order valence-electron chi connectivity index (χ3n) is 2.52. The Morgan fingerprint density at radius 1 is 0.909 bits per heavy atom. The van der Waals surface area contributed by atoms with Crippen molar-refractivity contribution in [2.45, 2.75) is 44.6 Å². The molecule has 128 valence electrons. The molecule has 1 unspecified atom stereocenters. The third kappa shape index (κ3) is 7.84. The molecular weight excluding hydrogens is 322 g/mol. The van der Waals surface area contributed by atoms with Crippen LogP contribution < -0.4 is 10.6 Å². The van der Waals surface area contributed by atoms with Crippen molar-refractivity contribution in [3.05, 3.63) is 0 Å². The Hall–Kier alpha value is -1.81. The number of carbonyl (C=O) groups excluding carboxylic acids is 3. The van der Waals surface area contributed by atoms with E-state index in [9.17, 15) is 40.7 Å². The van der Waals surface area contributed by atoms with Crippen LogP contribution in [0.1, 0.15) is 26.2 Å². The Bertz CT molecular complexity index is 419. The zero-order valence-corrected chi connectivity index (χ0v) is 11.4. The van der Waals surface area contributed by atoms with Gasteiger partial charge in [-0.15, -0.1) is 0 Å². The molecule has 0 rings (SSSR count). The van der Waals surface area contributed by atoms with Gasteiger partial charge in [-0.25, -0.2) is 0 Å². The van der Waals surface area contributed by atoms with E-state index in [0.29, 0.717) is 0 Å². The molecule has 5 nitrogen and oxygen atoms in total. The fraction of sp³-hybridized carbons (Fsp3) is 0.727. The molecule has 0 aliphatic carbocycles. The summed E-state index contributed by atoms with van der Waals surface area (Å²) < 4.78 is 71.6. The summed E-state index contributed by atoms with van der Waals surface area (Å²) in [6, 6.07) is -1.38. The van der Waals surface area contributed by atoms with E-state index in [-0.39, 0.29) is 25.8 Å². The molecule has 0 radical (unpaired) electrons. The standard InChI is InChI=1S/C11H14F6N2O3/c1-6(20)7(19-9(22)11(15,16)17)4-2-3-5-18-8(21)10(12,13)14/h7H,2-5H2,1H3,(H,18,21)(H,19,22). The molecule has 0 saturated carbocycles. The monoisotopic (exact) mass is 336 g/mol. The molecule has 2 N–H and O–H groups in total. The number of hydrogen-bond donors (Lipinski definition) is 2. The Morgan fingerprint density at radius 3 is 1.82 bits per heavy atom. The second kappa shape index (κ2) is 7.99. The van der Waals surface area contributed by atoms with E-state index >= 15 is 0 Å². The second-order valence-corrected chi connectivity index (χ2v) is 4.38. The SMILES string of the molecule is CC(=O)C(CCCCNC(=O)C(F)(F)F)NC(=O)C(F)(F)F. The van der Waals surface area contributed by atoms with E-state index in [1.54, 1.807) is 5.32 Å². The van der Waals surface area contributed by atoms with Gasteiger partial charge in [0.05, 0.1) is 6.04 Å². The number of halogens is 6. The van der Waals surface area contributed by atoms with Crippen LogP contribution in [0, 0.1) is 0 Å². The Morgan fingerprint density at radius 2 is 1.41 bits per heavy atom. The van der Waals surface area contributed by atoms with Crippen LogP contribution in [0.15, 0.2) is 0 Å². The summed E-state index contributed by atoms with van der Waals surface area (Å²) in [6.45, 7) is 0.628. The van der Waals surface area contributed by atoms with Crippen LogP contribution >= 0.6 is 0 Å². The summed E-state index contributed by atoms with van der Waals surface area (Å²) >= 11 is 0. The number of Topliss-reactive ketones (excluding diaryl/α,β-unsaturated/α-hetero) is 1. The highest BCUT2D eigenvalue weighted by Gasteiger charge is 2.40. The molecule has 0 fully saturated rings. The maximum atomic E-state index is 12.0. The van der Waals surface area contributed by atoms with E-state index in [1.165, 1.54) is 5.32 Å². The number of alkyl halides is 6. The molecule has 0 spiro atoms. The number of nitrogens with one attached hydrogen (secondary N) is 2. The Kier molecular flexibility index (Phi) is 7.33. The van der Waals surface area contributed by atoms with E-state index in [2.05, 4.69) is 0 Å². The summed E-state index contributed by atoms with van der Waals surface area (Å²) in [5.74, 6) is -5.10. The lowest BCUT2D eigenvalue weighted by atomic mass is 10.1. The molecular formula is C11H14F6N2O3. The second-order valence-electron chi connectivity index (χ2n) is 4.38. The largest absolute Gasteiger partial charge is 0.471 e. The minimum atomic E-state index is -5.13. The van der Waals surface area contributed by atoms with Crippen molar-refractivity contribution >= 4 is 17.6 Å². The van der Waals surface area contributed by atoms with Gasteiger partial charge in [-0.2, -0.15) is 26.3 Å². The van der Waals surface area contributed by atoms with Crippen LogP contribution in [0.4, 0.5) is 26.3 Å². The van der Waals surface area contributed by atoms with Crippen LogP contribution in [0.5, 0.6) is 0 Å². The first-order valence-electron chi connectivity index (χ1n) is 6.09. The topological polar surface area (TPSA) is 75.3 Å². The van der Waals surface area contributed by atoms with E-state index in [0.717, 1.165) is 6.92 Å². The van der Waals surface area contributed by atoms with Crippen molar-refractivity contribution in [2.75, 3.05) is 6.54 Å². The number of amides is 2. The summed E-state index contributed by atoms with van der Waals surface area (Å²) in [7, 11) is 0. The van der Waals surface area contributed by atoms with Gasteiger partial charge in [0.1, 0.15) is 0 Å². The minimum absolute atomic E-state index is 0.00743. The first-order valence-corrected chi connectivity index (χ1v) is 6.09. The fourth-order valence-electron chi connectivity index (χ4n) is 1.39. The Balaban J connectivity index is 4.16. The highest BCUT2D eigenvalue weighted by atomic mass is 19.4. The van der Waals surface area contributed by atoms with Crippen molar-refractivity contribution in [1.29, 1.82) is 0 Å². The van der Waals surface area contributed by atoms with Crippen molar-refractivity contribution in [1.82, 2.24) is 10.6 Å². The van der Waals surface area contributed by atoms with Crippen LogP contribution in [-0.2, 0) is 14.4 Å². The zero-order valence-electron chi connectivity index (χ0n) is 11.4. The minimum Gasteiger partial charge on any atom is -0.348 e. The maximum Gasteiger partial charge on any atom is 0.471 e. The van der Waals surface area contributed by atoms with Gasteiger partial charge in [0.15, 0.2) is 5.78 Å². The highest BCUT2D eigenvalue weighted by Crippen LogP contribution is 2.16. The molecule has 0 aromatic heterocycles. The van der Waals surface area contributed by atoms with Crippen molar-refractivity contribution in [3.63, 3.8) is 0 Å². The lowest BCUT2D eigenvalue weighted by Gasteiger charge is -2.17. The molecule has 1 atom stereocenters. The maximum absolute atomic E-state index is 12.0. The van der Waals surface area contributed by atoms with E-state index in [4.69, 9.17) is 0 Å². The predicted octanol–water partition coefficient (Wildman–Crippen LogP) is 1.47. The molecule has 0 aliphatic heterocycles. The first-order chi connectivity index (χ1) is 9.85. The normalized spacial score (nSPS) is 13.4. The van der Waals surface area contributed by atoms with Crippen molar-refractivity contribution in [2.24, 2.45) is 0 Å². The quantitative estimate of drug-likeness (QED) is 0.546. The summed E-state index contributed by atoms with van der Waals surface area (Å²) in [4.78, 5) is 32.3. The zero-order chi connectivity index (χ0) is 17.6. The fourth-order valence-corrected chi connectivity index (χ4v) is 1.39. The third-order valence-corrected chi connectivity index (χ3v) is 2.52. The van der Waals surface area contributed by atoms with Crippen molar-refractivity contribution < 1.29 is 40.7 Å². The van der Waals surface area contributed by atoms with Gasteiger partial charge < -0.3 is 10.6 Å². The van der Waals surface area contributed by atoms with Crippen LogP contribution in [0.25, 0.3) is 0 Å². The van der Waals surface area contributed by atoms with Gasteiger partial charge in [-0.05, 0) is 26.2 Å². The van der Waals surface area contributed by atoms with Crippen LogP contribution in [0.2, 0.25) is 0 Å². The average molecular weight is 336 g/mol. The first kappa shape index (κ1) is 20.2. The summed E-state index contributed by atoms with van der Waals surface area (Å²) in [5, 5.41) is 3.07. The number of rotatable bonds is 7. The van der Waals surface area contributed by atoms with Crippen molar-refractivity contribution in [3.8, 4) is 0 Å². The lowest BCUT2D eigenvalue weighted by Crippen LogP contribution is -2.46. The van der Waals surface area contributed by atoms with Gasteiger partial charge in [-0.1, -0.05) is 0 Å². The predicted molar refractivity (Wildman–Crippen MR) is 61.6 cm³/mol. The number of hydrogen-bond acceptors (Lipinski definition) is 3. The average Bonchev–Trinajstić information content (AvgIpc) is 2.33. The highest BCUT2D eigenvalue weighted by molar-refractivity contribution is 5.89. The molecule has 0 heterocycles. The van der Waals surface area contributed by atoms with Gasteiger partial charge in [0, 0.05) is 6.54 Å².